The fourth-order valence-corrected chi connectivity index (χ4v) is 2.57. The van der Waals surface area contributed by atoms with Gasteiger partial charge in [-0.25, -0.2) is 0 Å². The number of anilines is 1. The van der Waals surface area contributed by atoms with Crippen molar-refractivity contribution < 1.29 is 4.74 Å². The summed E-state index contributed by atoms with van der Waals surface area (Å²) in [6.45, 7) is 4.52. The predicted octanol–water partition coefficient (Wildman–Crippen LogP) is 3.19. The molecular weight excluding hydrogens is 288 g/mol. The molecule has 0 radical (unpaired) electrons. The number of ether oxygens (including phenoxy) is 1. The zero-order valence-electron chi connectivity index (χ0n) is 11.9. The van der Waals surface area contributed by atoms with Gasteiger partial charge in [-0.05, 0) is 43.5 Å². The molecule has 1 aromatic heterocycles. The third-order valence-corrected chi connectivity index (χ3v) is 3.56. The van der Waals surface area contributed by atoms with Crippen LogP contribution in [0.3, 0.4) is 0 Å². The van der Waals surface area contributed by atoms with Gasteiger partial charge in [0.1, 0.15) is 5.75 Å². The Hall–Kier alpha value is -1.88. The molecule has 1 fully saturated rings. The maximum Gasteiger partial charge on any atom is 0.230 e. The minimum atomic E-state index is 0.226. The average molecular weight is 305 g/mol. The van der Waals surface area contributed by atoms with Crippen LogP contribution >= 0.6 is 11.6 Å². The molecule has 1 aromatic carbocycles. The summed E-state index contributed by atoms with van der Waals surface area (Å²) in [5.41, 5.74) is 0.880. The number of aromatic nitrogens is 3. The molecule has 3 rings (SSSR count). The van der Waals surface area contributed by atoms with E-state index in [1.165, 1.54) is 12.8 Å². The van der Waals surface area contributed by atoms with Crippen molar-refractivity contribution in [1.29, 1.82) is 0 Å². The van der Waals surface area contributed by atoms with Crippen LogP contribution < -0.4 is 9.64 Å². The number of nitrogens with zero attached hydrogens (tertiary/aromatic N) is 4. The van der Waals surface area contributed by atoms with E-state index < -0.39 is 0 Å². The minimum absolute atomic E-state index is 0.226. The highest BCUT2D eigenvalue weighted by Gasteiger charge is 2.17. The van der Waals surface area contributed by atoms with Crippen LogP contribution in [0.4, 0.5) is 5.95 Å². The molecule has 0 saturated carbocycles. The van der Waals surface area contributed by atoms with Gasteiger partial charge in [0.15, 0.2) is 5.82 Å². The monoisotopic (exact) mass is 304 g/mol. The smallest absolute Gasteiger partial charge is 0.230 e. The van der Waals surface area contributed by atoms with Gasteiger partial charge in [-0.1, -0.05) is 12.1 Å². The van der Waals surface area contributed by atoms with Crippen molar-refractivity contribution in [3.8, 4) is 17.1 Å². The second-order valence-corrected chi connectivity index (χ2v) is 5.22. The standard InChI is InChI=1S/C15H17ClN4O/c1-2-21-12-7-5-6-11(10-12)13-17-14(16)19-15(18-13)20-8-3-4-9-20/h5-7,10H,2-4,8-9H2,1H3. The number of hydrogen-bond donors (Lipinski definition) is 0. The van der Waals surface area contributed by atoms with E-state index in [9.17, 15) is 0 Å². The third kappa shape index (κ3) is 3.24. The highest BCUT2D eigenvalue weighted by atomic mass is 35.5. The van der Waals surface area contributed by atoms with Crippen LogP contribution in [0.15, 0.2) is 24.3 Å². The molecule has 1 aliphatic rings. The lowest BCUT2D eigenvalue weighted by molar-refractivity contribution is 0.340. The summed E-state index contributed by atoms with van der Waals surface area (Å²) in [6, 6.07) is 7.70. The van der Waals surface area contributed by atoms with Gasteiger partial charge in [0.05, 0.1) is 6.61 Å². The van der Waals surface area contributed by atoms with Crippen molar-refractivity contribution in [3.05, 3.63) is 29.5 Å². The molecular formula is C15H17ClN4O. The summed E-state index contributed by atoms with van der Waals surface area (Å²) in [5, 5.41) is 0.226. The highest BCUT2D eigenvalue weighted by Crippen LogP contribution is 2.24. The Morgan fingerprint density at radius 2 is 2.00 bits per heavy atom. The van der Waals surface area contributed by atoms with Crippen LogP contribution in [-0.4, -0.2) is 34.6 Å². The normalized spacial score (nSPS) is 14.5. The van der Waals surface area contributed by atoms with Crippen molar-refractivity contribution in [1.82, 2.24) is 15.0 Å². The topological polar surface area (TPSA) is 51.1 Å². The maximum atomic E-state index is 6.06. The zero-order valence-corrected chi connectivity index (χ0v) is 12.7. The Labute approximate surface area is 129 Å². The molecule has 5 nitrogen and oxygen atoms in total. The molecule has 110 valence electrons. The van der Waals surface area contributed by atoms with Crippen LogP contribution in [0.1, 0.15) is 19.8 Å². The molecule has 0 amide bonds. The Bertz CT molecular complexity index is 629. The summed E-state index contributed by atoms with van der Waals surface area (Å²) in [6.07, 6.45) is 2.33. The van der Waals surface area contributed by atoms with Crippen LogP contribution in [0, 0.1) is 0 Å². The highest BCUT2D eigenvalue weighted by molar-refractivity contribution is 6.28. The van der Waals surface area contributed by atoms with E-state index in [2.05, 4.69) is 19.9 Å². The first-order chi connectivity index (χ1) is 10.3. The van der Waals surface area contributed by atoms with E-state index in [0.717, 1.165) is 24.4 Å². The lowest BCUT2D eigenvalue weighted by Gasteiger charge is -2.15. The Morgan fingerprint density at radius 1 is 1.19 bits per heavy atom. The third-order valence-electron chi connectivity index (χ3n) is 3.39. The van der Waals surface area contributed by atoms with Crippen molar-refractivity contribution in [3.63, 3.8) is 0 Å². The first-order valence-corrected chi connectivity index (χ1v) is 7.54. The Kier molecular flexibility index (Phi) is 4.20. The molecule has 21 heavy (non-hydrogen) atoms. The van der Waals surface area contributed by atoms with Crippen LogP contribution in [0.2, 0.25) is 5.28 Å². The van der Waals surface area contributed by atoms with Gasteiger partial charge in [-0.2, -0.15) is 15.0 Å². The van der Waals surface area contributed by atoms with E-state index in [4.69, 9.17) is 16.3 Å². The largest absolute Gasteiger partial charge is 0.494 e. The van der Waals surface area contributed by atoms with Gasteiger partial charge in [-0.3, -0.25) is 0 Å². The van der Waals surface area contributed by atoms with Crippen molar-refractivity contribution in [2.75, 3.05) is 24.6 Å². The summed E-state index contributed by atoms with van der Waals surface area (Å²) in [4.78, 5) is 15.2. The number of benzene rings is 1. The van der Waals surface area contributed by atoms with Gasteiger partial charge in [0.25, 0.3) is 0 Å². The molecule has 0 aliphatic carbocycles. The van der Waals surface area contributed by atoms with Crippen molar-refractivity contribution >= 4 is 17.5 Å². The zero-order chi connectivity index (χ0) is 14.7. The Balaban J connectivity index is 1.95. The van der Waals surface area contributed by atoms with E-state index in [0.29, 0.717) is 18.4 Å². The maximum absolute atomic E-state index is 6.06. The van der Waals surface area contributed by atoms with Crippen LogP contribution in [0.25, 0.3) is 11.4 Å². The lowest BCUT2D eigenvalue weighted by Crippen LogP contribution is -2.21. The number of hydrogen-bond acceptors (Lipinski definition) is 5. The van der Waals surface area contributed by atoms with Gasteiger partial charge >= 0.3 is 0 Å². The van der Waals surface area contributed by atoms with Crippen molar-refractivity contribution in [2.24, 2.45) is 0 Å². The molecule has 2 heterocycles. The SMILES string of the molecule is CCOc1cccc(-c2nc(Cl)nc(N3CCCC3)n2)c1. The van der Waals surface area contributed by atoms with Crippen LogP contribution in [-0.2, 0) is 0 Å². The summed E-state index contributed by atoms with van der Waals surface area (Å²) in [5.74, 6) is 2.04. The Morgan fingerprint density at radius 3 is 2.76 bits per heavy atom. The molecule has 6 heteroatoms. The summed E-state index contributed by atoms with van der Waals surface area (Å²) < 4.78 is 5.51. The summed E-state index contributed by atoms with van der Waals surface area (Å²) in [7, 11) is 0. The molecule has 0 unspecified atom stereocenters. The van der Waals surface area contributed by atoms with E-state index in [-0.39, 0.29) is 5.28 Å². The van der Waals surface area contributed by atoms with Gasteiger partial charge in [-0.15, -0.1) is 0 Å². The molecule has 2 aromatic rings. The van der Waals surface area contributed by atoms with E-state index in [1.54, 1.807) is 0 Å². The molecule has 0 spiro atoms. The van der Waals surface area contributed by atoms with Gasteiger partial charge < -0.3 is 9.64 Å². The minimum Gasteiger partial charge on any atom is -0.494 e. The quantitative estimate of drug-likeness (QED) is 0.868. The fourth-order valence-electron chi connectivity index (χ4n) is 2.42. The average Bonchev–Trinajstić information content (AvgIpc) is 3.01. The molecule has 1 saturated heterocycles. The molecule has 0 N–H and O–H groups in total. The molecule has 0 bridgehead atoms. The van der Waals surface area contributed by atoms with Gasteiger partial charge in [0, 0.05) is 18.7 Å². The number of halogens is 1. The predicted molar refractivity (Wildman–Crippen MR) is 82.9 cm³/mol. The van der Waals surface area contributed by atoms with E-state index >= 15 is 0 Å². The van der Waals surface area contributed by atoms with Crippen LogP contribution in [0.5, 0.6) is 5.75 Å². The van der Waals surface area contributed by atoms with Crippen molar-refractivity contribution in [2.45, 2.75) is 19.8 Å². The molecule has 1 aliphatic heterocycles. The fraction of sp³-hybridized carbons (Fsp3) is 0.400. The van der Waals surface area contributed by atoms with E-state index in [1.807, 2.05) is 31.2 Å². The second kappa shape index (κ2) is 6.26. The number of rotatable bonds is 4. The second-order valence-electron chi connectivity index (χ2n) is 4.88. The first-order valence-electron chi connectivity index (χ1n) is 7.16. The first kappa shape index (κ1) is 14.1. The van der Waals surface area contributed by atoms with Gasteiger partial charge in [0.2, 0.25) is 11.2 Å². The lowest BCUT2D eigenvalue weighted by atomic mass is 10.2. The molecule has 0 atom stereocenters. The summed E-state index contributed by atoms with van der Waals surface area (Å²) >= 11 is 6.06.